The third-order valence-corrected chi connectivity index (χ3v) is 4.92. The third kappa shape index (κ3) is 5.88. The molecule has 5 nitrogen and oxygen atoms in total. The Bertz CT molecular complexity index is 810. The summed E-state index contributed by atoms with van der Waals surface area (Å²) >= 11 is 0. The molecule has 0 fully saturated rings. The van der Waals surface area contributed by atoms with Crippen molar-refractivity contribution < 1.29 is 23.4 Å². The summed E-state index contributed by atoms with van der Waals surface area (Å²) in [6.45, 7) is 2.16. The third-order valence-electron chi connectivity index (χ3n) is 4.92. The summed E-state index contributed by atoms with van der Waals surface area (Å²) in [5.41, 5.74) is 1.92. The molecule has 0 saturated carbocycles. The second-order valence-electron chi connectivity index (χ2n) is 7.92. The highest BCUT2D eigenvalue weighted by molar-refractivity contribution is 5.40. The molecule has 3 rings (SSSR count). The zero-order valence-electron chi connectivity index (χ0n) is 17.1. The summed E-state index contributed by atoms with van der Waals surface area (Å²) in [5, 5.41) is 10.9. The molecule has 0 amide bonds. The normalized spacial score (nSPS) is 16.8. The molecule has 1 unspecified atom stereocenters. The van der Waals surface area contributed by atoms with Crippen LogP contribution in [0.5, 0.6) is 11.5 Å². The van der Waals surface area contributed by atoms with Crippen LogP contribution in [-0.2, 0) is 18.7 Å². The SMILES string of the molecule is CN(C)CC(C)(O)c1ccc2c(c1)CN(Cc1ccc(OC(F)F)cc1)CCO2. The van der Waals surface area contributed by atoms with Crippen molar-refractivity contribution in [3.8, 4) is 11.5 Å². The Morgan fingerprint density at radius 2 is 1.93 bits per heavy atom. The standard InChI is InChI=1S/C22H28F2N2O3/c1-22(27,15-25(2)3)18-6-9-20-17(12-18)14-26(10-11-28-20)13-16-4-7-19(8-5-16)29-21(23)24/h4-9,12,21,27H,10-11,13-15H2,1-3H3. The highest BCUT2D eigenvalue weighted by atomic mass is 19.3. The largest absolute Gasteiger partial charge is 0.492 e. The van der Waals surface area contributed by atoms with Crippen LogP contribution in [-0.4, -0.2) is 55.3 Å². The number of rotatable bonds is 7. The van der Waals surface area contributed by atoms with Gasteiger partial charge in [-0.2, -0.15) is 8.78 Å². The first-order valence-electron chi connectivity index (χ1n) is 9.62. The molecule has 1 aliphatic heterocycles. The lowest BCUT2D eigenvalue weighted by Crippen LogP contribution is -2.34. The summed E-state index contributed by atoms with van der Waals surface area (Å²) in [6, 6.07) is 12.6. The van der Waals surface area contributed by atoms with Crippen molar-refractivity contribution >= 4 is 0 Å². The molecule has 0 aliphatic carbocycles. The second-order valence-corrected chi connectivity index (χ2v) is 7.92. The van der Waals surface area contributed by atoms with Crippen LogP contribution in [0, 0.1) is 0 Å². The number of ether oxygens (including phenoxy) is 2. The van der Waals surface area contributed by atoms with Gasteiger partial charge in [0.2, 0.25) is 0 Å². The van der Waals surface area contributed by atoms with Crippen LogP contribution >= 0.6 is 0 Å². The molecule has 1 atom stereocenters. The van der Waals surface area contributed by atoms with Crippen molar-refractivity contribution in [2.75, 3.05) is 33.8 Å². The number of halogens is 2. The van der Waals surface area contributed by atoms with E-state index in [1.807, 2.05) is 44.1 Å². The molecular weight excluding hydrogens is 378 g/mol. The molecule has 0 bridgehead atoms. The van der Waals surface area contributed by atoms with Gasteiger partial charge in [0.05, 0.1) is 5.60 Å². The average molecular weight is 406 g/mol. The number of fused-ring (bicyclic) bond motifs is 1. The highest BCUT2D eigenvalue weighted by Gasteiger charge is 2.26. The molecule has 1 aliphatic rings. The van der Waals surface area contributed by atoms with Crippen LogP contribution in [0.3, 0.4) is 0 Å². The molecule has 2 aromatic rings. The van der Waals surface area contributed by atoms with Crippen LogP contribution in [0.25, 0.3) is 0 Å². The number of alkyl halides is 2. The molecule has 7 heteroatoms. The maximum absolute atomic E-state index is 12.3. The lowest BCUT2D eigenvalue weighted by Gasteiger charge is -2.28. The van der Waals surface area contributed by atoms with Crippen molar-refractivity contribution in [1.82, 2.24) is 9.80 Å². The number of hydrogen-bond acceptors (Lipinski definition) is 5. The van der Waals surface area contributed by atoms with E-state index < -0.39 is 12.2 Å². The van der Waals surface area contributed by atoms with Gasteiger partial charge in [0.1, 0.15) is 18.1 Å². The van der Waals surface area contributed by atoms with Gasteiger partial charge in [-0.3, -0.25) is 4.90 Å². The lowest BCUT2D eigenvalue weighted by molar-refractivity contribution is -0.0498. The molecule has 0 aromatic heterocycles. The quantitative estimate of drug-likeness (QED) is 0.763. The van der Waals surface area contributed by atoms with E-state index >= 15 is 0 Å². The number of likely N-dealkylation sites (N-methyl/N-ethyl adjacent to an activating group) is 1. The molecule has 2 aromatic carbocycles. The fourth-order valence-corrected chi connectivity index (χ4v) is 3.66. The van der Waals surface area contributed by atoms with E-state index in [9.17, 15) is 13.9 Å². The Balaban J connectivity index is 1.73. The Morgan fingerprint density at radius 3 is 2.59 bits per heavy atom. The van der Waals surface area contributed by atoms with E-state index in [0.717, 1.165) is 29.0 Å². The van der Waals surface area contributed by atoms with Crippen LogP contribution in [0.1, 0.15) is 23.6 Å². The van der Waals surface area contributed by atoms with Gasteiger partial charge >= 0.3 is 6.61 Å². The molecule has 1 heterocycles. The Morgan fingerprint density at radius 1 is 1.21 bits per heavy atom. The monoisotopic (exact) mass is 406 g/mol. The van der Waals surface area contributed by atoms with Gasteiger partial charge in [-0.25, -0.2) is 0 Å². The van der Waals surface area contributed by atoms with Gasteiger partial charge in [-0.1, -0.05) is 18.2 Å². The zero-order valence-corrected chi connectivity index (χ0v) is 17.1. The minimum atomic E-state index is -2.82. The van der Waals surface area contributed by atoms with Gasteiger partial charge < -0.3 is 19.5 Å². The maximum Gasteiger partial charge on any atom is 0.387 e. The molecule has 29 heavy (non-hydrogen) atoms. The average Bonchev–Trinajstić information content (AvgIpc) is 2.83. The first kappa shape index (κ1) is 21.5. The molecule has 1 N–H and O–H groups in total. The summed E-state index contributed by atoms with van der Waals surface area (Å²) in [7, 11) is 3.86. The molecule has 0 saturated heterocycles. The minimum absolute atomic E-state index is 0.154. The Labute approximate surface area is 170 Å². The molecule has 0 spiro atoms. The first-order chi connectivity index (χ1) is 13.7. The zero-order chi connectivity index (χ0) is 21.0. The molecule has 0 radical (unpaired) electrons. The summed E-state index contributed by atoms with van der Waals surface area (Å²) < 4.78 is 34.9. The lowest BCUT2D eigenvalue weighted by atomic mass is 9.93. The van der Waals surface area contributed by atoms with Crippen molar-refractivity contribution in [2.24, 2.45) is 0 Å². The number of benzene rings is 2. The molecule has 158 valence electrons. The fraction of sp³-hybridized carbons (Fsp3) is 0.455. The summed E-state index contributed by atoms with van der Waals surface area (Å²) in [5.74, 6) is 0.985. The van der Waals surface area contributed by atoms with E-state index in [1.54, 1.807) is 24.3 Å². The minimum Gasteiger partial charge on any atom is -0.492 e. The van der Waals surface area contributed by atoms with Gasteiger partial charge in [0.25, 0.3) is 0 Å². The van der Waals surface area contributed by atoms with Gasteiger partial charge in [0.15, 0.2) is 0 Å². The smallest absolute Gasteiger partial charge is 0.387 e. The van der Waals surface area contributed by atoms with Crippen LogP contribution in [0.2, 0.25) is 0 Å². The maximum atomic E-state index is 12.3. The predicted octanol–water partition coefficient (Wildman–Crippen LogP) is 3.45. The number of hydrogen-bond donors (Lipinski definition) is 1. The van der Waals surface area contributed by atoms with E-state index in [0.29, 0.717) is 26.2 Å². The topological polar surface area (TPSA) is 45.2 Å². The van der Waals surface area contributed by atoms with Crippen molar-refractivity contribution in [3.63, 3.8) is 0 Å². The van der Waals surface area contributed by atoms with Crippen molar-refractivity contribution in [3.05, 3.63) is 59.2 Å². The van der Waals surface area contributed by atoms with Gasteiger partial charge in [0, 0.05) is 31.7 Å². The first-order valence-corrected chi connectivity index (χ1v) is 9.62. The van der Waals surface area contributed by atoms with E-state index in [-0.39, 0.29) is 5.75 Å². The van der Waals surface area contributed by atoms with E-state index in [1.165, 1.54) is 0 Å². The highest BCUT2D eigenvalue weighted by Crippen LogP contribution is 2.30. The van der Waals surface area contributed by atoms with Crippen molar-refractivity contribution in [1.29, 1.82) is 0 Å². The second kappa shape index (κ2) is 9.07. The van der Waals surface area contributed by atoms with Crippen molar-refractivity contribution in [2.45, 2.75) is 32.2 Å². The van der Waals surface area contributed by atoms with E-state index in [2.05, 4.69) is 9.64 Å². The summed E-state index contributed by atoms with van der Waals surface area (Å²) in [4.78, 5) is 4.19. The van der Waals surface area contributed by atoms with Crippen LogP contribution in [0.15, 0.2) is 42.5 Å². The van der Waals surface area contributed by atoms with Gasteiger partial charge in [-0.15, -0.1) is 0 Å². The Hall–Kier alpha value is -2.22. The van der Waals surface area contributed by atoms with Crippen LogP contribution in [0.4, 0.5) is 8.78 Å². The van der Waals surface area contributed by atoms with Gasteiger partial charge in [-0.05, 0) is 56.4 Å². The summed E-state index contributed by atoms with van der Waals surface area (Å²) in [6.07, 6.45) is 0. The molecular formula is C22H28F2N2O3. The Kier molecular flexibility index (Phi) is 6.72. The number of nitrogens with zero attached hydrogens (tertiary/aromatic N) is 2. The van der Waals surface area contributed by atoms with Crippen LogP contribution < -0.4 is 9.47 Å². The fourth-order valence-electron chi connectivity index (χ4n) is 3.66. The predicted molar refractivity (Wildman–Crippen MR) is 107 cm³/mol. The van der Waals surface area contributed by atoms with E-state index in [4.69, 9.17) is 4.74 Å². The number of aliphatic hydroxyl groups is 1.